The van der Waals surface area contributed by atoms with Crippen LogP contribution in [0.3, 0.4) is 0 Å². The molecule has 1 aliphatic rings. The fourth-order valence-electron chi connectivity index (χ4n) is 3.70. The lowest BCUT2D eigenvalue weighted by Gasteiger charge is -2.17. The largest absolute Gasteiger partial charge is 0.477 e. The lowest BCUT2D eigenvalue weighted by atomic mass is 9.93. The van der Waals surface area contributed by atoms with Gasteiger partial charge in [0.2, 0.25) is 0 Å². The van der Waals surface area contributed by atoms with E-state index in [0.717, 1.165) is 46.4 Å². The van der Waals surface area contributed by atoms with E-state index >= 15 is 0 Å². The number of hydrogen-bond donors (Lipinski definition) is 4. The second-order valence-corrected chi connectivity index (χ2v) is 7.44. The van der Waals surface area contributed by atoms with Crippen molar-refractivity contribution in [3.05, 3.63) is 78.4 Å². The first-order chi connectivity index (χ1) is 15.2. The van der Waals surface area contributed by atoms with Crippen LogP contribution in [-0.4, -0.2) is 42.8 Å². The number of nitrogens with zero attached hydrogens (tertiary/aromatic N) is 3. The number of aromatic amines is 2. The number of carbonyl (C=O) groups is 1. The number of H-pyrrole nitrogens is 2. The van der Waals surface area contributed by atoms with E-state index in [4.69, 9.17) is 5.11 Å². The van der Waals surface area contributed by atoms with Gasteiger partial charge in [0.25, 0.3) is 0 Å². The fourth-order valence-corrected chi connectivity index (χ4v) is 3.70. The molecule has 1 unspecified atom stereocenters. The number of carboxylic acid groups (broad SMARTS) is 1. The van der Waals surface area contributed by atoms with Gasteiger partial charge in [-0.25, -0.2) is 14.8 Å². The van der Waals surface area contributed by atoms with E-state index in [1.165, 1.54) is 0 Å². The topological polar surface area (TPSA) is 120 Å². The number of aromatic carboxylic acids is 1. The van der Waals surface area contributed by atoms with Gasteiger partial charge in [-0.3, -0.25) is 5.10 Å². The SMILES string of the molecule is O=C(O)c1cc2ccc(-c3nccc(NCC4C=C(c5cn[nH]c5)C=CC4)n3)cc2[nH]1. The molecular weight excluding hydrogens is 392 g/mol. The summed E-state index contributed by atoms with van der Waals surface area (Å²) in [4.78, 5) is 23.1. The van der Waals surface area contributed by atoms with Crippen LogP contribution in [0.4, 0.5) is 5.82 Å². The highest BCUT2D eigenvalue weighted by molar-refractivity contribution is 5.94. The monoisotopic (exact) mass is 412 g/mol. The maximum Gasteiger partial charge on any atom is 0.352 e. The normalized spacial score (nSPS) is 15.7. The molecule has 0 saturated carbocycles. The second kappa shape index (κ2) is 7.91. The minimum atomic E-state index is -0.984. The minimum absolute atomic E-state index is 0.160. The van der Waals surface area contributed by atoms with Crippen LogP contribution in [0.25, 0.3) is 27.9 Å². The molecule has 31 heavy (non-hydrogen) atoms. The molecule has 0 bridgehead atoms. The van der Waals surface area contributed by atoms with Crippen molar-refractivity contribution in [3.8, 4) is 11.4 Å². The van der Waals surface area contributed by atoms with Crippen molar-refractivity contribution in [1.82, 2.24) is 25.1 Å². The molecule has 8 heteroatoms. The van der Waals surface area contributed by atoms with Gasteiger partial charge in [-0.15, -0.1) is 0 Å². The quantitative estimate of drug-likeness (QED) is 0.378. The van der Waals surface area contributed by atoms with Crippen LogP contribution in [0.1, 0.15) is 22.5 Å². The summed E-state index contributed by atoms with van der Waals surface area (Å²) in [7, 11) is 0. The van der Waals surface area contributed by atoms with Gasteiger partial charge in [-0.2, -0.15) is 5.10 Å². The zero-order chi connectivity index (χ0) is 21.2. The van der Waals surface area contributed by atoms with Crippen molar-refractivity contribution >= 4 is 28.3 Å². The number of fused-ring (bicyclic) bond motifs is 1. The Kier molecular flexibility index (Phi) is 4.80. The summed E-state index contributed by atoms with van der Waals surface area (Å²) in [5, 5.41) is 20.3. The van der Waals surface area contributed by atoms with Crippen LogP contribution >= 0.6 is 0 Å². The van der Waals surface area contributed by atoms with Crippen molar-refractivity contribution in [2.75, 3.05) is 11.9 Å². The van der Waals surface area contributed by atoms with E-state index in [9.17, 15) is 4.79 Å². The average Bonchev–Trinajstić information content (AvgIpc) is 3.48. The number of hydrogen-bond acceptors (Lipinski definition) is 5. The second-order valence-electron chi connectivity index (χ2n) is 7.44. The smallest absolute Gasteiger partial charge is 0.352 e. The summed E-state index contributed by atoms with van der Waals surface area (Å²) in [6.45, 7) is 0.750. The van der Waals surface area contributed by atoms with Crippen molar-refractivity contribution in [3.63, 3.8) is 0 Å². The van der Waals surface area contributed by atoms with Crippen LogP contribution in [0.15, 0.2) is 67.2 Å². The van der Waals surface area contributed by atoms with E-state index in [1.54, 1.807) is 12.3 Å². The molecule has 4 N–H and O–H groups in total. The number of nitrogens with one attached hydrogen (secondary N) is 3. The molecule has 0 aliphatic heterocycles. The highest BCUT2D eigenvalue weighted by Gasteiger charge is 2.13. The zero-order valence-corrected chi connectivity index (χ0v) is 16.5. The molecule has 0 spiro atoms. The van der Waals surface area contributed by atoms with Gasteiger partial charge in [-0.1, -0.05) is 30.4 Å². The molecule has 1 aliphatic carbocycles. The van der Waals surface area contributed by atoms with E-state index in [-0.39, 0.29) is 5.69 Å². The third-order valence-electron chi connectivity index (χ3n) is 5.30. The summed E-state index contributed by atoms with van der Waals surface area (Å²) in [6.07, 6.45) is 12.9. The molecule has 1 atom stereocenters. The van der Waals surface area contributed by atoms with Gasteiger partial charge in [0.15, 0.2) is 5.82 Å². The van der Waals surface area contributed by atoms with Crippen LogP contribution < -0.4 is 5.32 Å². The van der Waals surface area contributed by atoms with E-state index in [1.807, 2.05) is 36.7 Å². The lowest BCUT2D eigenvalue weighted by Crippen LogP contribution is -2.14. The summed E-state index contributed by atoms with van der Waals surface area (Å²) in [5.41, 5.74) is 3.96. The number of rotatable bonds is 6. The van der Waals surface area contributed by atoms with Crippen LogP contribution in [0.2, 0.25) is 0 Å². The Labute approximate surface area is 177 Å². The Morgan fingerprint density at radius 1 is 1.23 bits per heavy atom. The standard InChI is InChI=1S/C23H20N6O2/c30-23(31)20-9-16-4-5-17(10-19(16)28-20)22-24-7-6-21(29-22)25-11-14-2-1-3-15(8-14)18-12-26-27-13-18/h1,3-10,12-14,28H,2,11H2,(H,26,27)(H,30,31)(H,24,25,29). The number of anilines is 1. The molecule has 3 heterocycles. The van der Waals surface area contributed by atoms with Gasteiger partial charge in [0.05, 0.1) is 6.20 Å². The third kappa shape index (κ3) is 3.95. The van der Waals surface area contributed by atoms with E-state index < -0.39 is 5.97 Å². The number of carboxylic acids is 1. The Bertz CT molecular complexity index is 1300. The van der Waals surface area contributed by atoms with Crippen LogP contribution in [-0.2, 0) is 0 Å². The Morgan fingerprint density at radius 3 is 3.00 bits per heavy atom. The first-order valence-electron chi connectivity index (χ1n) is 9.96. The lowest BCUT2D eigenvalue weighted by molar-refractivity contribution is 0.0691. The highest BCUT2D eigenvalue weighted by atomic mass is 16.4. The molecular formula is C23H20N6O2. The fraction of sp³-hybridized carbons (Fsp3) is 0.130. The minimum Gasteiger partial charge on any atom is -0.477 e. The molecule has 1 aromatic carbocycles. The molecule has 0 saturated heterocycles. The molecule has 4 aromatic rings. The Hall–Kier alpha value is -4.20. The molecule has 0 radical (unpaired) electrons. The van der Waals surface area contributed by atoms with Crippen molar-refractivity contribution in [2.45, 2.75) is 6.42 Å². The van der Waals surface area contributed by atoms with Crippen LogP contribution in [0, 0.1) is 5.92 Å². The summed E-state index contributed by atoms with van der Waals surface area (Å²) < 4.78 is 0. The van der Waals surface area contributed by atoms with Crippen molar-refractivity contribution in [1.29, 1.82) is 0 Å². The maximum atomic E-state index is 11.2. The van der Waals surface area contributed by atoms with Gasteiger partial charge >= 0.3 is 5.97 Å². The number of aromatic nitrogens is 5. The molecule has 5 rings (SSSR count). The summed E-state index contributed by atoms with van der Waals surface area (Å²) in [5.74, 6) is 0.688. The third-order valence-corrected chi connectivity index (χ3v) is 5.30. The van der Waals surface area contributed by atoms with Crippen molar-refractivity contribution in [2.24, 2.45) is 5.92 Å². The predicted octanol–water partition coefficient (Wildman–Crippen LogP) is 4.12. The van der Waals surface area contributed by atoms with Gasteiger partial charge in [-0.05, 0) is 36.1 Å². The average molecular weight is 412 g/mol. The number of allylic oxidation sites excluding steroid dienone is 3. The highest BCUT2D eigenvalue weighted by Crippen LogP contribution is 2.25. The number of benzene rings is 1. The Morgan fingerprint density at radius 2 is 2.16 bits per heavy atom. The van der Waals surface area contributed by atoms with Gasteiger partial charge < -0.3 is 15.4 Å². The predicted molar refractivity (Wildman–Crippen MR) is 119 cm³/mol. The Balaban J connectivity index is 1.32. The van der Waals surface area contributed by atoms with E-state index in [0.29, 0.717) is 11.7 Å². The summed E-state index contributed by atoms with van der Waals surface area (Å²) in [6, 6.07) is 9.09. The molecule has 8 nitrogen and oxygen atoms in total. The first-order valence-corrected chi connectivity index (χ1v) is 9.96. The molecule has 0 fully saturated rings. The van der Waals surface area contributed by atoms with Crippen LogP contribution in [0.5, 0.6) is 0 Å². The molecule has 3 aromatic heterocycles. The van der Waals surface area contributed by atoms with Crippen molar-refractivity contribution < 1.29 is 9.90 Å². The van der Waals surface area contributed by atoms with Gasteiger partial charge in [0.1, 0.15) is 11.5 Å². The molecule has 154 valence electrons. The van der Waals surface area contributed by atoms with Gasteiger partial charge in [0, 0.05) is 41.0 Å². The zero-order valence-electron chi connectivity index (χ0n) is 16.5. The van der Waals surface area contributed by atoms with E-state index in [2.05, 4.69) is 48.7 Å². The first kappa shape index (κ1) is 18.8. The maximum absolute atomic E-state index is 11.2. The summed E-state index contributed by atoms with van der Waals surface area (Å²) >= 11 is 0. The molecule has 0 amide bonds.